The van der Waals surface area contributed by atoms with Crippen molar-refractivity contribution < 1.29 is 24.2 Å². The van der Waals surface area contributed by atoms with E-state index in [0.717, 1.165) is 11.6 Å². The molecule has 0 aliphatic heterocycles. The summed E-state index contributed by atoms with van der Waals surface area (Å²) in [5.74, 6) is -0.431. The Bertz CT molecular complexity index is 1030. The lowest BCUT2D eigenvalue weighted by atomic mass is 10.1. The van der Waals surface area contributed by atoms with Crippen LogP contribution >= 0.6 is 0 Å². The summed E-state index contributed by atoms with van der Waals surface area (Å²) in [6.45, 7) is 0.135. The summed E-state index contributed by atoms with van der Waals surface area (Å²) in [6.07, 6.45) is 7.63. The predicted octanol–water partition coefficient (Wildman–Crippen LogP) is 2.30. The zero-order chi connectivity index (χ0) is 19.9. The third-order valence-electron chi connectivity index (χ3n) is 3.70. The summed E-state index contributed by atoms with van der Waals surface area (Å²) >= 11 is 0. The van der Waals surface area contributed by atoms with E-state index in [4.69, 9.17) is 14.6 Å². The van der Waals surface area contributed by atoms with Crippen LogP contribution < -0.4 is 9.47 Å². The Kier molecular flexibility index (Phi) is 5.75. The maximum atomic E-state index is 11.3. The number of hydrogen-bond acceptors (Lipinski definition) is 7. The number of carboxylic acids is 1. The van der Waals surface area contributed by atoms with Crippen LogP contribution in [0.4, 0.5) is 0 Å². The van der Waals surface area contributed by atoms with Gasteiger partial charge in [-0.15, -0.1) is 0 Å². The van der Waals surface area contributed by atoms with Gasteiger partial charge in [-0.05, 0) is 12.1 Å². The van der Waals surface area contributed by atoms with Crippen LogP contribution in [0.3, 0.4) is 0 Å². The van der Waals surface area contributed by atoms with Crippen molar-refractivity contribution >= 4 is 18.5 Å². The first kappa shape index (κ1) is 18.8. The van der Waals surface area contributed by atoms with Gasteiger partial charge in [-0.1, -0.05) is 6.07 Å². The van der Waals surface area contributed by atoms with E-state index in [0.29, 0.717) is 34.9 Å². The first-order valence-corrected chi connectivity index (χ1v) is 8.13. The van der Waals surface area contributed by atoms with Crippen molar-refractivity contribution in [1.29, 1.82) is 0 Å². The van der Waals surface area contributed by atoms with E-state index < -0.39 is 5.97 Å². The SMILES string of the molecule is COc1cc(C=O)c(OCc2cccnc2-c2ccn(/C=C/C(=O)O)n2)cn1. The molecular weight excluding hydrogens is 364 g/mol. The van der Waals surface area contributed by atoms with E-state index in [1.807, 2.05) is 6.07 Å². The molecule has 3 rings (SSSR count). The fraction of sp³-hybridized carbons (Fsp3) is 0.105. The van der Waals surface area contributed by atoms with Gasteiger partial charge < -0.3 is 14.6 Å². The molecule has 0 spiro atoms. The molecular formula is C19H16N4O5. The smallest absolute Gasteiger partial charge is 0.329 e. The maximum absolute atomic E-state index is 11.3. The zero-order valence-electron chi connectivity index (χ0n) is 14.8. The van der Waals surface area contributed by atoms with Crippen LogP contribution in [-0.2, 0) is 11.4 Å². The van der Waals surface area contributed by atoms with Crippen LogP contribution in [0.5, 0.6) is 11.6 Å². The summed E-state index contributed by atoms with van der Waals surface area (Å²) in [5.41, 5.74) is 2.19. The fourth-order valence-electron chi connectivity index (χ4n) is 2.39. The highest BCUT2D eigenvalue weighted by molar-refractivity contribution is 5.83. The van der Waals surface area contributed by atoms with E-state index in [1.54, 1.807) is 24.5 Å². The number of hydrogen-bond donors (Lipinski definition) is 1. The lowest BCUT2D eigenvalue weighted by Crippen LogP contribution is -2.03. The molecule has 3 aromatic heterocycles. The monoisotopic (exact) mass is 380 g/mol. The van der Waals surface area contributed by atoms with Gasteiger partial charge in [-0.2, -0.15) is 5.10 Å². The molecule has 9 nitrogen and oxygen atoms in total. The minimum Gasteiger partial charge on any atom is -0.486 e. The van der Waals surface area contributed by atoms with Gasteiger partial charge in [0.05, 0.1) is 24.6 Å². The van der Waals surface area contributed by atoms with Crippen molar-refractivity contribution in [3.63, 3.8) is 0 Å². The number of nitrogens with zero attached hydrogens (tertiary/aromatic N) is 4. The van der Waals surface area contributed by atoms with Crippen molar-refractivity contribution in [3.05, 3.63) is 60.1 Å². The lowest BCUT2D eigenvalue weighted by molar-refractivity contribution is -0.131. The van der Waals surface area contributed by atoms with E-state index in [1.165, 1.54) is 30.3 Å². The normalized spacial score (nSPS) is 10.8. The number of pyridine rings is 2. The number of carboxylic acid groups (broad SMARTS) is 1. The highest BCUT2D eigenvalue weighted by atomic mass is 16.5. The summed E-state index contributed by atoms with van der Waals surface area (Å²) < 4.78 is 12.1. The first-order valence-electron chi connectivity index (χ1n) is 8.13. The van der Waals surface area contributed by atoms with Crippen molar-refractivity contribution in [3.8, 4) is 23.0 Å². The maximum Gasteiger partial charge on any atom is 0.329 e. The van der Waals surface area contributed by atoms with Gasteiger partial charge in [0.15, 0.2) is 6.29 Å². The molecule has 3 aromatic rings. The van der Waals surface area contributed by atoms with Crippen molar-refractivity contribution in [1.82, 2.24) is 19.7 Å². The summed E-state index contributed by atoms with van der Waals surface area (Å²) in [6, 6.07) is 6.79. The number of aldehydes is 1. The summed E-state index contributed by atoms with van der Waals surface area (Å²) in [5, 5.41) is 13.0. The van der Waals surface area contributed by atoms with Crippen molar-refractivity contribution in [2.75, 3.05) is 7.11 Å². The third-order valence-corrected chi connectivity index (χ3v) is 3.70. The molecule has 0 amide bonds. The molecule has 142 valence electrons. The van der Waals surface area contributed by atoms with Gasteiger partial charge >= 0.3 is 5.97 Å². The Labute approximate surface area is 159 Å². The second kappa shape index (κ2) is 8.58. The fourth-order valence-corrected chi connectivity index (χ4v) is 2.39. The molecule has 0 saturated carbocycles. The van der Waals surface area contributed by atoms with E-state index in [-0.39, 0.29) is 6.61 Å². The second-order valence-corrected chi connectivity index (χ2v) is 5.52. The molecule has 0 fully saturated rings. The molecule has 0 bridgehead atoms. The Hall–Kier alpha value is -4.01. The van der Waals surface area contributed by atoms with Crippen molar-refractivity contribution in [2.24, 2.45) is 0 Å². The molecule has 3 heterocycles. The standard InChI is InChI=1S/C19H16N4O5/c1-27-17-9-14(11-24)16(10-21-17)28-12-13-3-2-6-20-19(13)15-4-7-23(22-15)8-5-18(25)26/h2-11H,12H2,1H3,(H,25,26)/b8-5+. The molecule has 0 radical (unpaired) electrons. The zero-order valence-corrected chi connectivity index (χ0v) is 14.8. The second-order valence-electron chi connectivity index (χ2n) is 5.52. The van der Waals surface area contributed by atoms with Gasteiger partial charge in [-0.3, -0.25) is 9.78 Å². The Morgan fingerprint density at radius 2 is 2.18 bits per heavy atom. The highest BCUT2D eigenvalue weighted by Gasteiger charge is 2.12. The minimum absolute atomic E-state index is 0.135. The Morgan fingerprint density at radius 1 is 1.32 bits per heavy atom. The average molecular weight is 380 g/mol. The van der Waals surface area contributed by atoms with Crippen LogP contribution in [0, 0.1) is 0 Å². The topological polar surface area (TPSA) is 116 Å². The number of carbonyl (C=O) groups is 2. The molecule has 0 aliphatic rings. The molecule has 0 aliphatic carbocycles. The van der Waals surface area contributed by atoms with Gasteiger partial charge in [0.1, 0.15) is 18.1 Å². The quantitative estimate of drug-likeness (QED) is 0.467. The molecule has 0 atom stereocenters. The van der Waals surface area contributed by atoms with E-state index in [2.05, 4.69) is 15.1 Å². The van der Waals surface area contributed by atoms with Crippen LogP contribution in [0.2, 0.25) is 0 Å². The number of aliphatic carboxylic acids is 1. The van der Waals surface area contributed by atoms with Crippen LogP contribution in [0.25, 0.3) is 17.6 Å². The minimum atomic E-state index is -1.07. The number of aromatic nitrogens is 4. The average Bonchev–Trinajstić information content (AvgIpc) is 3.19. The first-order chi connectivity index (χ1) is 13.6. The number of ether oxygens (including phenoxy) is 2. The number of methoxy groups -OCH3 is 1. The lowest BCUT2D eigenvalue weighted by Gasteiger charge is -2.11. The van der Waals surface area contributed by atoms with Gasteiger partial charge in [0.25, 0.3) is 0 Å². The van der Waals surface area contributed by atoms with Crippen molar-refractivity contribution in [2.45, 2.75) is 6.61 Å². The molecule has 1 N–H and O–H groups in total. The third kappa shape index (κ3) is 4.39. The molecule has 0 unspecified atom stereocenters. The Balaban J connectivity index is 1.82. The van der Waals surface area contributed by atoms with Gasteiger partial charge in [0, 0.05) is 36.3 Å². The molecule has 0 aromatic carbocycles. The largest absolute Gasteiger partial charge is 0.486 e. The summed E-state index contributed by atoms with van der Waals surface area (Å²) in [4.78, 5) is 30.3. The number of carbonyl (C=O) groups excluding carboxylic acids is 1. The van der Waals surface area contributed by atoms with E-state index >= 15 is 0 Å². The Morgan fingerprint density at radius 3 is 2.93 bits per heavy atom. The number of rotatable bonds is 8. The highest BCUT2D eigenvalue weighted by Crippen LogP contribution is 2.24. The predicted molar refractivity (Wildman–Crippen MR) is 98.9 cm³/mol. The van der Waals surface area contributed by atoms with E-state index in [9.17, 15) is 9.59 Å². The van der Waals surface area contributed by atoms with Crippen LogP contribution in [-0.4, -0.2) is 44.2 Å². The summed E-state index contributed by atoms with van der Waals surface area (Å²) in [7, 11) is 1.46. The van der Waals surface area contributed by atoms with Gasteiger partial charge in [-0.25, -0.2) is 14.5 Å². The van der Waals surface area contributed by atoms with Gasteiger partial charge in [0.2, 0.25) is 5.88 Å². The molecule has 0 saturated heterocycles. The van der Waals surface area contributed by atoms with Crippen LogP contribution in [0.15, 0.2) is 48.9 Å². The van der Waals surface area contributed by atoms with Crippen LogP contribution in [0.1, 0.15) is 15.9 Å². The molecule has 28 heavy (non-hydrogen) atoms. The molecule has 9 heteroatoms.